The summed E-state index contributed by atoms with van der Waals surface area (Å²) in [6, 6.07) is 9.28. The van der Waals surface area contributed by atoms with Crippen molar-refractivity contribution in [2.24, 2.45) is 11.5 Å². The maximum atomic E-state index is 15.8. The summed E-state index contributed by atoms with van der Waals surface area (Å²) in [5.74, 6) is -13.5. The SMILES string of the molecule is NCCCCNC(=O)[C@H]1NC(=O)[C@H]2NC(=O)[C@H](NC(=O)[C@@H]3NC(=O)[C@H]4NC(=O)[C@@H](Cc5ccc(c(Cl)c5)Oc5cc3cc(c5O)Oc3ccc(cc3Cl)[C@H]2O)NC(=O)[C@H](N)c2ccc(O)c(c2)Oc2cc(O)cc4c2)c2ccc(O)c(c2)-c2c(O)cc(O)cc21. The van der Waals surface area contributed by atoms with E-state index in [1.807, 2.05) is 0 Å². The number of carbonyl (C=O) groups excluding carboxylic acids is 7. The number of rotatable bonds is 5. The number of benzene rings is 7. The molecule has 7 aromatic rings. The molecule has 6 aliphatic heterocycles. The number of carbonyl (C=O) groups is 7. The summed E-state index contributed by atoms with van der Waals surface area (Å²) in [6.45, 7) is 0.304. The Hall–Kier alpha value is -10.5. The van der Waals surface area contributed by atoms with E-state index in [2.05, 4.69) is 37.2 Å². The van der Waals surface area contributed by atoms with Gasteiger partial charge in [0.05, 0.1) is 10.0 Å². The van der Waals surface area contributed by atoms with Gasteiger partial charge in [-0.25, -0.2) is 0 Å². The summed E-state index contributed by atoms with van der Waals surface area (Å²) in [4.78, 5) is 105. The number of hydrogen-bond acceptors (Lipinski definition) is 19. The fourth-order valence-electron chi connectivity index (χ4n) is 10.8. The highest BCUT2D eigenvalue weighted by molar-refractivity contribution is 6.32. The third kappa shape index (κ3) is 12.4. The van der Waals surface area contributed by atoms with E-state index in [9.17, 15) is 50.1 Å². The molecule has 7 amide bonds. The van der Waals surface area contributed by atoms with Crippen LogP contribution in [0.4, 0.5) is 0 Å². The number of aliphatic hydroxyl groups excluding tert-OH is 1. The van der Waals surface area contributed by atoms with Crippen LogP contribution in [0.25, 0.3) is 11.1 Å². The average molecular weight is 1270 g/mol. The van der Waals surface area contributed by atoms with E-state index in [-0.39, 0.29) is 97.1 Å². The fourth-order valence-corrected chi connectivity index (χ4v) is 11.3. The van der Waals surface area contributed by atoms with Crippen LogP contribution in [0.3, 0.4) is 0 Å². The Bertz CT molecular complexity index is 4130. The van der Waals surface area contributed by atoms with Crippen LogP contribution in [-0.2, 0) is 40.0 Å². The van der Waals surface area contributed by atoms with E-state index in [0.717, 1.165) is 54.6 Å². The Morgan fingerprint density at radius 2 is 1.13 bits per heavy atom. The lowest BCUT2D eigenvalue weighted by Gasteiger charge is -2.31. The number of nitrogens with two attached hydrogens (primary N) is 2. The second-order valence-corrected chi connectivity index (χ2v) is 22.4. The van der Waals surface area contributed by atoms with E-state index in [0.29, 0.717) is 18.4 Å². The summed E-state index contributed by atoms with van der Waals surface area (Å²) in [6.07, 6.45) is -1.55. The van der Waals surface area contributed by atoms with Crippen molar-refractivity contribution in [3.63, 3.8) is 0 Å². The summed E-state index contributed by atoms with van der Waals surface area (Å²) in [5.41, 5.74) is 10.7. The van der Waals surface area contributed by atoms with E-state index < -0.39 is 136 Å². The minimum absolute atomic E-state index is 0.0257. The highest BCUT2D eigenvalue weighted by atomic mass is 35.5. The molecule has 0 aliphatic carbocycles. The van der Waals surface area contributed by atoms with Crippen molar-refractivity contribution in [2.75, 3.05) is 13.1 Å². The molecule has 0 saturated carbocycles. The third-order valence-corrected chi connectivity index (χ3v) is 16.0. The molecule has 6 aliphatic rings. The van der Waals surface area contributed by atoms with Crippen molar-refractivity contribution in [3.05, 3.63) is 164 Å². The van der Waals surface area contributed by atoms with Gasteiger partial charge in [-0.15, -0.1) is 0 Å². The van der Waals surface area contributed by atoms with Crippen molar-refractivity contribution in [2.45, 2.75) is 67.7 Å². The first-order valence-corrected chi connectivity index (χ1v) is 28.6. The van der Waals surface area contributed by atoms with Gasteiger partial charge in [0.1, 0.15) is 88.6 Å². The molecule has 18 N–H and O–H groups in total. The van der Waals surface area contributed by atoms with Gasteiger partial charge in [-0.1, -0.05) is 47.5 Å². The largest absolute Gasteiger partial charge is 0.508 e. The van der Waals surface area contributed by atoms with Gasteiger partial charge < -0.3 is 98.6 Å². The summed E-state index contributed by atoms with van der Waals surface area (Å²) in [7, 11) is 0. The standard InChI is InChI=1S/C62H55Cl2N9O17/c63-36-13-25-3-9-42(36)89-45-20-30-21-46(55(45)80)90-43-10-6-28(18-37(43)64)54(79)53-62(87)72-52(58(83)67-12-2-1-11-65)35-23-32(75)24-41(78)47(35)34-17-27(5-7-39(34)76)49(59(84)73-53)70-61(86)51(30)71-60(85)50-29-15-31(74)22-33(16-29)88-44-19-26(4-8-40(44)77)48(66)57(82)68-38(14-25)56(81)69-50/h3-10,13,15-24,38,48-54,74-80H,1-2,11-12,14,65-66H2,(H,67,83)(H,68,82)(H,69,81)(H,70,86)(H,71,85)(H,72,87)(H,73,84)/t38-,48-,49-,50+,51-,52+,53+,54-/m1/s1. The Morgan fingerprint density at radius 3 is 1.82 bits per heavy atom. The molecule has 464 valence electrons. The fraction of sp³-hybridized carbons (Fsp3) is 0.210. The lowest BCUT2D eigenvalue weighted by atomic mass is 9.89. The number of unbranched alkanes of at least 4 members (excludes halogenated alkanes) is 1. The van der Waals surface area contributed by atoms with Crippen LogP contribution < -0.4 is 62.9 Å². The van der Waals surface area contributed by atoms with Gasteiger partial charge in [-0.05, 0) is 137 Å². The number of phenolic OH excluding ortho intramolecular Hbond substituents is 6. The zero-order chi connectivity index (χ0) is 64.0. The van der Waals surface area contributed by atoms with Crippen LogP contribution in [0, 0.1) is 0 Å². The van der Waals surface area contributed by atoms with Crippen LogP contribution in [-0.4, -0.2) is 102 Å². The highest BCUT2D eigenvalue weighted by Gasteiger charge is 2.41. The predicted molar refractivity (Wildman–Crippen MR) is 319 cm³/mol. The second kappa shape index (κ2) is 24.9. The number of fused-ring (bicyclic) bond motifs is 14. The normalized spacial score (nSPS) is 21.4. The third-order valence-electron chi connectivity index (χ3n) is 15.4. The molecule has 0 fully saturated rings. The zero-order valence-electron chi connectivity index (χ0n) is 46.7. The molecule has 17 bridgehead atoms. The van der Waals surface area contributed by atoms with Crippen LogP contribution >= 0.6 is 23.2 Å². The number of aromatic hydroxyl groups is 6. The maximum Gasteiger partial charge on any atom is 0.248 e. The summed E-state index contributed by atoms with van der Waals surface area (Å²) in [5, 5.41) is 98.7. The van der Waals surface area contributed by atoms with Gasteiger partial charge in [0, 0.05) is 36.2 Å². The number of phenols is 6. The van der Waals surface area contributed by atoms with Crippen molar-refractivity contribution in [3.8, 4) is 80.1 Å². The molecule has 6 heterocycles. The lowest BCUT2D eigenvalue weighted by molar-refractivity contribution is -0.137. The Labute approximate surface area is 519 Å². The molecule has 0 unspecified atom stereocenters. The smallest absolute Gasteiger partial charge is 0.248 e. The first-order valence-electron chi connectivity index (χ1n) is 27.8. The Kier molecular flexibility index (Phi) is 16.9. The quantitative estimate of drug-likeness (QED) is 0.103. The minimum atomic E-state index is -2.15. The number of halogens is 2. The molecular weight excluding hydrogens is 1210 g/mol. The first-order chi connectivity index (χ1) is 43.0. The van der Waals surface area contributed by atoms with E-state index >= 15 is 19.2 Å². The Balaban J connectivity index is 1.13. The molecule has 90 heavy (non-hydrogen) atoms. The highest BCUT2D eigenvalue weighted by Crippen LogP contribution is 2.48. The topological polar surface area (TPSA) is 425 Å². The van der Waals surface area contributed by atoms with E-state index in [1.165, 1.54) is 60.7 Å². The van der Waals surface area contributed by atoms with Crippen LogP contribution in [0.2, 0.25) is 10.0 Å². The van der Waals surface area contributed by atoms with Crippen LogP contribution in [0.15, 0.2) is 115 Å². The van der Waals surface area contributed by atoms with E-state index in [4.69, 9.17) is 48.9 Å². The van der Waals surface area contributed by atoms with Gasteiger partial charge >= 0.3 is 0 Å². The number of amides is 7. The van der Waals surface area contributed by atoms with Gasteiger partial charge in [-0.2, -0.15) is 0 Å². The molecule has 0 aromatic heterocycles. The molecule has 0 radical (unpaired) electrons. The summed E-state index contributed by atoms with van der Waals surface area (Å²) < 4.78 is 18.5. The monoisotopic (exact) mass is 1270 g/mol. The minimum Gasteiger partial charge on any atom is -0.508 e. The average Bonchev–Trinajstić information content (AvgIpc) is 1.29. The van der Waals surface area contributed by atoms with Crippen LogP contribution in [0.5, 0.6) is 69.0 Å². The lowest BCUT2D eigenvalue weighted by Crippen LogP contribution is -2.56. The van der Waals surface area contributed by atoms with Crippen molar-refractivity contribution in [1.29, 1.82) is 0 Å². The van der Waals surface area contributed by atoms with Crippen LogP contribution in [0.1, 0.15) is 88.1 Å². The zero-order valence-corrected chi connectivity index (χ0v) is 48.3. The molecule has 28 heteroatoms. The number of ether oxygens (including phenoxy) is 3. The molecule has 13 rings (SSSR count). The molecule has 8 atom stereocenters. The maximum absolute atomic E-state index is 15.8. The Morgan fingerprint density at radius 1 is 0.533 bits per heavy atom. The van der Waals surface area contributed by atoms with Crippen molar-refractivity contribution in [1.82, 2.24) is 37.2 Å². The molecule has 26 nitrogen and oxygen atoms in total. The van der Waals surface area contributed by atoms with E-state index in [1.54, 1.807) is 0 Å². The van der Waals surface area contributed by atoms with Crippen molar-refractivity contribution >= 4 is 64.6 Å². The van der Waals surface area contributed by atoms with Crippen molar-refractivity contribution < 1.29 is 83.5 Å². The molecule has 0 saturated heterocycles. The number of aliphatic hydroxyl groups is 1. The second-order valence-electron chi connectivity index (χ2n) is 21.5. The number of nitrogens with one attached hydrogen (secondary N) is 7. The molecular formula is C62H55Cl2N9O17. The van der Waals surface area contributed by atoms with Gasteiger partial charge in [0.2, 0.25) is 47.1 Å². The molecule has 0 spiro atoms. The predicted octanol–water partition coefficient (Wildman–Crippen LogP) is 4.76. The first kappa shape index (κ1) is 61.1. The number of hydrogen-bond donors (Lipinski definition) is 16. The van der Waals surface area contributed by atoms with Gasteiger partial charge in [-0.3, -0.25) is 33.6 Å². The molecule has 7 aromatic carbocycles. The summed E-state index contributed by atoms with van der Waals surface area (Å²) >= 11 is 13.8. The van der Waals surface area contributed by atoms with Gasteiger partial charge in [0.15, 0.2) is 23.0 Å². The van der Waals surface area contributed by atoms with Gasteiger partial charge in [0.25, 0.3) is 0 Å².